The molecule has 0 saturated carbocycles. The molecule has 0 aliphatic heterocycles. The van der Waals surface area contributed by atoms with E-state index in [1.165, 1.54) is 0 Å². The molecule has 0 aliphatic rings. The van der Waals surface area contributed by atoms with Crippen LogP contribution < -0.4 is 5.32 Å². The first-order valence-corrected chi connectivity index (χ1v) is 7.41. The van der Waals surface area contributed by atoms with Gasteiger partial charge in [0.15, 0.2) is 0 Å². The summed E-state index contributed by atoms with van der Waals surface area (Å²) in [5.74, 6) is 1.10. The molecule has 22 heavy (non-hydrogen) atoms. The van der Waals surface area contributed by atoms with Crippen molar-refractivity contribution in [3.8, 4) is 0 Å². The molecular weight excluding hydrogens is 278 g/mol. The lowest BCUT2D eigenvalue weighted by molar-refractivity contribution is 0.200. The number of amides is 2. The summed E-state index contributed by atoms with van der Waals surface area (Å²) >= 11 is 0. The summed E-state index contributed by atoms with van der Waals surface area (Å²) in [5.41, 5.74) is 1.82. The molecule has 0 spiro atoms. The Balaban J connectivity index is 2.12. The number of carbonyl (C=O) groups is 1. The summed E-state index contributed by atoms with van der Waals surface area (Å²) in [6, 6.07) is 5.59. The number of nitrogens with one attached hydrogen (secondary N) is 1. The molecule has 2 heterocycles. The van der Waals surface area contributed by atoms with Crippen molar-refractivity contribution in [1.29, 1.82) is 0 Å². The fraction of sp³-hybridized carbons (Fsp3) is 0.438. The van der Waals surface area contributed by atoms with Gasteiger partial charge in [0.25, 0.3) is 0 Å². The van der Waals surface area contributed by atoms with Crippen LogP contribution in [-0.2, 0) is 13.6 Å². The SMILES string of the molecule is Cc1cnn(C)c1NC(=O)N(Cc1ccccn1)CC(C)C. The van der Waals surface area contributed by atoms with E-state index >= 15 is 0 Å². The molecule has 0 unspecified atom stereocenters. The van der Waals surface area contributed by atoms with Gasteiger partial charge in [0.2, 0.25) is 0 Å². The average Bonchev–Trinajstić information content (AvgIpc) is 2.79. The lowest BCUT2D eigenvalue weighted by Crippen LogP contribution is -2.37. The number of hydrogen-bond donors (Lipinski definition) is 1. The van der Waals surface area contributed by atoms with Crippen LogP contribution in [0.5, 0.6) is 0 Å². The van der Waals surface area contributed by atoms with Gasteiger partial charge in [-0.2, -0.15) is 5.10 Å². The lowest BCUT2D eigenvalue weighted by Gasteiger charge is -2.24. The molecule has 6 heteroatoms. The molecule has 2 aromatic heterocycles. The predicted octanol–water partition coefficient (Wildman–Crippen LogP) is 2.81. The van der Waals surface area contributed by atoms with Gasteiger partial charge in [0.05, 0.1) is 18.4 Å². The van der Waals surface area contributed by atoms with E-state index < -0.39 is 0 Å². The molecule has 0 aliphatic carbocycles. The van der Waals surface area contributed by atoms with Gasteiger partial charge in [0.1, 0.15) is 5.82 Å². The zero-order chi connectivity index (χ0) is 16.1. The molecule has 0 bridgehead atoms. The van der Waals surface area contributed by atoms with Gasteiger partial charge >= 0.3 is 6.03 Å². The zero-order valence-electron chi connectivity index (χ0n) is 13.6. The maximum Gasteiger partial charge on any atom is 0.323 e. The Kier molecular flexibility index (Phi) is 5.14. The van der Waals surface area contributed by atoms with Crippen molar-refractivity contribution in [1.82, 2.24) is 19.7 Å². The van der Waals surface area contributed by atoms with Crippen LogP contribution in [0.2, 0.25) is 0 Å². The third-order valence-electron chi connectivity index (χ3n) is 3.30. The fourth-order valence-electron chi connectivity index (χ4n) is 2.25. The van der Waals surface area contributed by atoms with E-state index in [4.69, 9.17) is 0 Å². The number of carbonyl (C=O) groups excluding carboxylic acids is 1. The van der Waals surface area contributed by atoms with Crippen LogP contribution in [0.25, 0.3) is 0 Å². The Bertz CT molecular complexity index is 601. The van der Waals surface area contributed by atoms with Gasteiger partial charge in [-0.3, -0.25) is 15.0 Å². The molecule has 2 rings (SSSR count). The number of aryl methyl sites for hydroxylation is 2. The van der Waals surface area contributed by atoms with Crippen LogP contribution >= 0.6 is 0 Å². The molecular formula is C16H23N5O. The Hall–Kier alpha value is -2.37. The molecule has 0 fully saturated rings. The van der Waals surface area contributed by atoms with Crippen molar-refractivity contribution >= 4 is 11.8 Å². The van der Waals surface area contributed by atoms with E-state index in [-0.39, 0.29) is 6.03 Å². The van der Waals surface area contributed by atoms with Crippen molar-refractivity contribution in [2.75, 3.05) is 11.9 Å². The van der Waals surface area contributed by atoms with Crippen LogP contribution in [-0.4, -0.2) is 32.2 Å². The summed E-state index contributed by atoms with van der Waals surface area (Å²) in [6.07, 6.45) is 3.48. The smallest absolute Gasteiger partial charge is 0.318 e. The van der Waals surface area contributed by atoms with Crippen LogP contribution in [0.15, 0.2) is 30.6 Å². The normalized spacial score (nSPS) is 10.8. The largest absolute Gasteiger partial charge is 0.323 e. The van der Waals surface area contributed by atoms with Gasteiger partial charge in [0, 0.05) is 25.4 Å². The zero-order valence-corrected chi connectivity index (χ0v) is 13.6. The van der Waals surface area contributed by atoms with E-state index in [1.54, 1.807) is 22.0 Å². The average molecular weight is 301 g/mol. The minimum Gasteiger partial charge on any atom is -0.318 e. The van der Waals surface area contributed by atoms with Gasteiger partial charge in [-0.15, -0.1) is 0 Å². The van der Waals surface area contributed by atoms with Crippen LogP contribution in [0.1, 0.15) is 25.1 Å². The Morgan fingerprint density at radius 3 is 2.73 bits per heavy atom. The Morgan fingerprint density at radius 2 is 2.18 bits per heavy atom. The highest BCUT2D eigenvalue weighted by Crippen LogP contribution is 2.14. The van der Waals surface area contributed by atoms with E-state index in [2.05, 4.69) is 29.2 Å². The van der Waals surface area contributed by atoms with E-state index in [0.29, 0.717) is 19.0 Å². The number of pyridine rings is 1. The maximum atomic E-state index is 12.6. The van der Waals surface area contributed by atoms with Gasteiger partial charge < -0.3 is 4.90 Å². The highest BCUT2D eigenvalue weighted by atomic mass is 16.2. The standard InChI is InChI=1S/C16H23N5O/c1-12(2)10-21(11-14-7-5-6-8-17-14)16(22)19-15-13(3)9-18-20(15)4/h5-9,12H,10-11H2,1-4H3,(H,19,22). The summed E-state index contributed by atoms with van der Waals surface area (Å²) in [4.78, 5) is 18.7. The molecule has 118 valence electrons. The molecule has 0 atom stereocenters. The summed E-state index contributed by atoms with van der Waals surface area (Å²) < 4.78 is 1.67. The van der Waals surface area contributed by atoms with E-state index in [1.807, 2.05) is 32.2 Å². The van der Waals surface area contributed by atoms with Crippen LogP contribution in [0.3, 0.4) is 0 Å². The highest BCUT2D eigenvalue weighted by Gasteiger charge is 2.18. The summed E-state index contributed by atoms with van der Waals surface area (Å²) in [7, 11) is 1.81. The second-order valence-corrected chi connectivity index (χ2v) is 5.83. The minimum absolute atomic E-state index is 0.133. The molecule has 0 aromatic carbocycles. The second kappa shape index (κ2) is 7.06. The van der Waals surface area contributed by atoms with Crippen molar-refractivity contribution in [2.24, 2.45) is 13.0 Å². The van der Waals surface area contributed by atoms with E-state index in [0.717, 1.165) is 17.1 Å². The van der Waals surface area contributed by atoms with Crippen LogP contribution in [0.4, 0.5) is 10.6 Å². The summed E-state index contributed by atoms with van der Waals surface area (Å²) in [5, 5.41) is 7.09. The van der Waals surface area contributed by atoms with Crippen LogP contribution in [0, 0.1) is 12.8 Å². The van der Waals surface area contributed by atoms with Gasteiger partial charge in [-0.25, -0.2) is 4.79 Å². The van der Waals surface area contributed by atoms with Crippen molar-refractivity contribution in [3.05, 3.63) is 41.9 Å². The quantitative estimate of drug-likeness (QED) is 0.923. The number of urea groups is 1. The summed E-state index contributed by atoms with van der Waals surface area (Å²) in [6.45, 7) is 7.26. The number of hydrogen-bond acceptors (Lipinski definition) is 3. The topological polar surface area (TPSA) is 63.1 Å². The van der Waals surface area contributed by atoms with Gasteiger partial charge in [-0.05, 0) is 25.0 Å². The first kappa shape index (κ1) is 16.0. The van der Waals surface area contributed by atoms with Crippen molar-refractivity contribution in [3.63, 3.8) is 0 Å². The number of nitrogens with zero attached hydrogens (tertiary/aromatic N) is 4. The molecule has 2 amide bonds. The minimum atomic E-state index is -0.133. The fourth-order valence-corrected chi connectivity index (χ4v) is 2.25. The predicted molar refractivity (Wildman–Crippen MR) is 86.4 cm³/mol. The lowest BCUT2D eigenvalue weighted by atomic mass is 10.2. The van der Waals surface area contributed by atoms with Gasteiger partial charge in [-0.1, -0.05) is 19.9 Å². The first-order chi connectivity index (χ1) is 10.5. The Labute approximate surface area is 131 Å². The second-order valence-electron chi connectivity index (χ2n) is 5.83. The number of aromatic nitrogens is 3. The Morgan fingerprint density at radius 1 is 1.41 bits per heavy atom. The van der Waals surface area contributed by atoms with Crippen molar-refractivity contribution < 1.29 is 4.79 Å². The molecule has 6 nitrogen and oxygen atoms in total. The molecule has 2 aromatic rings. The molecule has 1 N–H and O–H groups in total. The van der Waals surface area contributed by atoms with Crippen molar-refractivity contribution in [2.45, 2.75) is 27.3 Å². The monoisotopic (exact) mass is 301 g/mol. The first-order valence-electron chi connectivity index (χ1n) is 7.41. The van der Waals surface area contributed by atoms with E-state index in [9.17, 15) is 4.79 Å². The third-order valence-corrected chi connectivity index (χ3v) is 3.30. The maximum absolute atomic E-state index is 12.6. The number of anilines is 1. The highest BCUT2D eigenvalue weighted by molar-refractivity contribution is 5.89. The third kappa shape index (κ3) is 4.07. The molecule has 0 radical (unpaired) electrons. The molecule has 0 saturated heterocycles. The number of rotatable bonds is 5.